The molecule has 0 spiro atoms. The van der Waals surface area contributed by atoms with Gasteiger partial charge in [-0.3, -0.25) is 4.79 Å². The number of hydrogen-bond acceptors (Lipinski definition) is 5. The lowest BCUT2D eigenvalue weighted by Crippen LogP contribution is -2.13. The average Bonchev–Trinajstić information content (AvgIpc) is 3.37. The third-order valence-electron chi connectivity index (χ3n) is 4.62. The molecule has 1 N–H and O–H groups in total. The molecule has 0 saturated heterocycles. The van der Waals surface area contributed by atoms with Gasteiger partial charge in [0.25, 0.3) is 5.91 Å². The number of anilines is 1. The number of carbonyl (C=O) groups excluding carboxylic acids is 2. The van der Waals surface area contributed by atoms with Crippen LogP contribution in [0.15, 0.2) is 59.5 Å². The van der Waals surface area contributed by atoms with Gasteiger partial charge in [-0.15, -0.1) is 0 Å². The number of fused-ring (bicyclic) bond motifs is 1. The van der Waals surface area contributed by atoms with E-state index in [1.165, 1.54) is 0 Å². The Labute approximate surface area is 187 Å². The van der Waals surface area contributed by atoms with Crippen molar-refractivity contribution in [3.05, 3.63) is 82.1 Å². The number of furan rings is 1. The zero-order chi connectivity index (χ0) is 22.0. The fourth-order valence-corrected chi connectivity index (χ4v) is 3.82. The Morgan fingerprint density at radius 3 is 2.58 bits per heavy atom. The van der Waals surface area contributed by atoms with Gasteiger partial charge < -0.3 is 19.0 Å². The summed E-state index contributed by atoms with van der Waals surface area (Å²) in [4.78, 5) is 29.4. The minimum absolute atomic E-state index is 0.0722. The maximum Gasteiger partial charge on any atom is 0.374 e. The topological polar surface area (TPSA) is 86.4 Å². The molecule has 4 rings (SSSR count). The van der Waals surface area contributed by atoms with Gasteiger partial charge in [0.15, 0.2) is 5.58 Å². The molecule has 0 fully saturated rings. The molecule has 0 aliphatic rings. The van der Waals surface area contributed by atoms with Crippen molar-refractivity contribution in [2.75, 3.05) is 11.9 Å². The summed E-state index contributed by atoms with van der Waals surface area (Å²) in [7, 11) is 0. The monoisotopic (exact) mass is 457 g/mol. The quantitative estimate of drug-likeness (QED) is 0.391. The smallest absolute Gasteiger partial charge is 0.374 e. The highest BCUT2D eigenvalue weighted by molar-refractivity contribution is 6.40. The molecule has 0 radical (unpaired) electrons. The summed E-state index contributed by atoms with van der Waals surface area (Å²) in [5, 5.41) is 3.90. The molecule has 0 aliphatic carbocycles. The number of halogens is 2. The maximum absolute atomic E-state index is 12.9. The fraction of sp³-hybridized carbons (Fsp3) is 0.136. The van der Waals surface area contributed by atoms with Crippen LogP contribution in [0.4, 0.5) is 5.69 Å². The zero-order valence-electron chi connectivity index (χ0n) is 16.4. The molecule has 2 aromatic carbocycles. The number of aromatic nitrogens is 2. The number of ether oxygens (including phenoxy) is 1. The molecule has 0 aliphatic heterocycles. The lowest BCUT2D eigenvalue weighted by atomic mass is 10.1. The minimum Gasteiger partial charge on any atom is -0.460 e. The van der Waals surface area contributed by atoms with Crippen molar-refractivity contribution in [2.45, 2.75) is 13.5 Å². The second-order valence-corrected chi connectivity index (χ2v) is 7.41. The number of rotatable bonds is 6. The van der Waals surface area contributed by atoms with E-state index in [1.54, 1.807) is 56.0 Å². The van der Waals surface area contributed by atoms with E-state index in [9.17, 15) is 9.59 Å². The van der Waals surface area contributed by atoms with Gasteiger partial charge in [0.1, 0.15) is 0 Å². The van der Waals surface area contributed by atoms with Gasteiger partial charge in [0, 0.05) is 23.3 Å². The Bertz CT molecular complexity index is 1250. The van der Waals surface area contributed by atoms with Gasteiger partial charge in [-0.25, -0.2) is 9.78 Å². The summed E-state index contributed by atoms with van der Waals surface area (Å²) < 4.78 is 12.9. The van der Waals surface area contributed by atoms with Crippen molar-refractivity contribution < 1.29 is 18.7 Å². The minimum atomic E-state index is -0.583. The summed E-state index contributed by atoms with van der Waals surface area (Å²) in [5.74, 6) is -1.00. The normalized spacial score (nSPS) is 10.9. The lowest BCUT2D eigenvalue weighted by molar-refractivity contribution is 0.0491. The van der Waals surface area contributed by atoms with Crippen LogP contribution in [0.2, 0.25) is 10.0 Å². The van der Waals surface area contributed by atoms with Crippen molar-refractivity contribution in [2.24, 2.45) is 0 Å². The van der Waals surface area contributed by atoms with E-state index < -0.39 is 11.9 Å². The van der Waals surface area contributed by atoms with E-state index in [1.807, 2.05) is 10.6 Å². The summed E-state index contributed by atoms with van der Waals surface area (Å²) >= 11 is 12.3. The molecular weight excluding hydrogens is 441 g/mol. The molecule has 4 aromatic rings. The summed E-state index contributed by atoms with van der Waals surface area (Å²) in [5.41, 5.74) is 1.50. The van der Waals surface area contributed by atoms with E-state index >= 15 is 0 Å². The Morgan fingerprint density at radius 1 is 1.16 bits per heavy atom. The number of hydrogen-bond donors (Lipinski definition) is 1. The molecule has 2 aromatic heterocycles. The van der Waals surface area contributed by atoms with Crippen LogP contribution < -0.4 is 5.32 Å². The van der Waals surface area contributed by atoms with E-state index in [4.69, 9.17) is 32.4 Å². The lowest BCUT2D eigenvalue weighted by Gasteiger charge is -2.09. The van der Waals surface area contributed by atoms with Crippen LogP contribution in [0.25, 0.3) is 11.0 Å². The van der Waals surface area contributed by atoms with Gasteiger partial charge in [0.05, 0.1) is 40.8 Å². The van der Waals surface area contributed by atoms with Crippen LogP contribution in [-0.4, -0.2) is 28.0 Å². The van der Waals surface area contributed by atoms with E-state index in [-0.39, 0.29) is 28.0 Å². The molecule has 0 unspecified atom stereocenters. The molecule has 9 heteroatoms. The molecule has 2 heterocycles. The highest BCUT2D eigenvalue weighted by Gasteiger charge is 2.24. The number of amides is 1. The Hall–Kier alpha value is -3.29. The van der Waals surface area contributed by atoms with Crippen LogP contribution in [0.5, 0.6) is 0 Å². The van der Waals surface area contributed by atoms with Crippen molar-refractivity contribution >= 4 is 51.7 Å². The van der Waals surface area contributed by atoms with Gasteiger partial charge in [-0.1, -0.05) is 41.4 Å². The molecule has 1 amide bonds. The van der Waals surface area contributed by atoms with Crippen LogP contribution >= 0.6 is 23.2 Å². The molecule has 0 atom stereocenters. The Kier molecular flexibility index (Phi) is 5.97. The SMILES string of the molecule is CCOC(=O)c1oc2c(NC(=O)c3c(Cl)cccc3Cl)cccc2c1Cn1ccnc1. The third-order valence-corrected chi connectivity index (χ3v) is 5.25. The number of carbonyl (C=O) groups is 2. The number of benzene rings is 2. The van der Waals surface area contributed by atoms with Crippen LogP contribution in [0.3, 0.4) is 0 Å². The van der Waals surface area contributed by atoms with Crippen LogP contribution in [0, 0.1) is 0 Å². The highest BCUT2D eigenvalue weighted by atomic mass is 35.5. The number of esters is 1. The Morgan fingerprint density at radius 2 is 1.90 bits per heavy atom. The first-order chi connectivity index (χ1) is 15.0. The van der Waals surface area contributed by atoms with Crippen molar-refractivity contribution in [3.8, 4) is 0 Å². The van der Waals surface area contributed by atoms with Crippen LogP contribution in [0.1, 0.15) is 33.4 Å². The third kappa shape index (κ3) is 4.15. The largest absolute Gasteiger partial charge is 0.460 e. The molecular formula is C22H17Cl2N3O4. The first-order valence-electron chi connectivity index (χ1n) is 9.42. The highest BCUT2D eigenvalue weighted by Crippen LogP contribution is 2.34. The van der Waals surface area contributed by atoms with E-state index in [0.29, 0.717) is 28.8 Å². The fourth-order valence-electron chi connectivity index (χ4n) is 3.25. The summed E-state index contributed by atoms with van der Waals surface area (Å²) in [6.45, 7) is 2.26. The average molecular weight is 458 g/mol. The van der Waals surface area contributed by atoms with Crippen LogP contribution in [-0.2, 0) is 11.3 Å². The van der Waals surface area contributed by atoms with Crippen molar-refractivity contribution in [1.82, 2.24) is 9.55 Å². The van der Waals surface area contributed by atoms with E-state index in [2.05, 4.69) is 10.3 Å². The maximum atomic E-state index is 12.9. The number of imidazole rings is 1. The summed E-state index contributed by atoms with van der Waals surface area (Å²) in [6, 6.07) is 10.1. The van der Waals surface area contributed by atoms with Crippen molar-refractivity contribution in [3.63, 3.8) is 0 Å². The second-order valence-electron chi connectivity index (χ2n) is 6.60. The Balaban J connectivity index is 1.79. The molecule has 0 saturated carbocycles. The van der Waals surface area contributed by atoms with Crippen molar-refractivity contribution in [1.29, 1.82) is 0 Å². The predicted octanol–water partition coefficient (Wildman–Crippen LogP) is 5.41. The van der Waals surface area contributed by atoms with Gasteiger partial charge >= 0.3 is 5.97 Å². The molecule has 31 heavy (non-hydrogen) atoms. The first-order valence-corrected chi connectivity index (χ1v) is 10.2. The van der Waals surface area contributed by atoms with Gasteiger partial charge in [-0.2, -0.15) is 0 Å². The number of para-hydroxylation sites is 1. The molecule has 158 valence electrons. The van der Waals surface area contributed by atoms with Gasteiger partial charge in [0.2, 0.25) is 5.76 Å². The molecule has 0 bridgehead atoms. The number of nitrogens with zero attached hydrogens (tertiary/aromatic N) is 2. The standard InChI is InChI=1S/C22H17Cl2N3O4/c1-2-30-22(29)20-14(11-27-10-9-25-12-27)13-5-3-8-17(19(13)31-20)26-21(28)18-15(23)6-4-7-16(18)24/h3-10,12H,2,11H2,1H3,(H,26,28). The second kappa shape index (κ2) is 8.83. The zero-order valence-corrected chi connectivity index (χ0v) is 17.9. The molecule has 7 nitrogen and oxygen atoms in total. The number of nitrogens with one attached hydrogen (secondary N) is 1. The van der Waals surface area contributed by atoms with Gasteiger partial charge in [-0.05, 0) is 25.1 Å². The first kappa shape index (κ1) is 21.0. The van der Waals surface area contributed by atoms with E-state index in [0.717, 1.165) is 0 Å². The summed E-state index contributed by atoms with van der Waals surface area (Å²) in [6.07, 6.45) is 5.06. The predicted molar refractivity (Wildman–Crippen MR) is 118 cm³/mol.